The van der Waals surface area contributed by atoms with Gasteiger partial charge in [-0.25, -0.2) is 9.07 Å². The number of rotatable bonds is 5. The van der Waals surface area contributed by atoms with Crippen molar-refractivity contribution in [1.29, 1.82) is 0 Å². The summed E-state index contributed by atoms with van der Waals surface area (Å²) in [5, 5.41) is 25.4. The number of aromatic nitrogens is 4. The molecule has 7 nitrogen and oxygen atoms in total. The third-order valence-corrected chi connectivity index (χ3v) is 6.09. The van der Waals surface area contributed by atoms with Gasteiger partial charge >= 0.3 is 0 Å². The molecule has 3 aromatic rings. The number of fused-ring (bicyclic) bond motifs is 1. The van der Waals surface area contributed by atoms with Crippen molar-refractivity contribution in [2.45, 2.75) is 37.1 Å². The van der Waals surface area contributed by atoms with Crippen LogP contribution in [-0.4, -0.2) is 49.9 Å². The Labute approximate surface area is 171 Å². The highest BCUT2D eigenvalue weighted by Gasteiger charge is 2.72. The fourth-order valence-electron chi connectivity index (χ4n) is 4.51. The number of nitrogens with zero attached hydrogens (tertiary/aromatic N) is 4. The summed E-state index contributed by atoms with van der Waals surface area (Å²) in [6.45, 7) is 0. The van der Waals surface area contributed by atoms with Crippen molar-refractivity contribution in [3.63, 3.8) is 0 Å². The minimum atomic E-state index is -1.30. The molecule has 2 aliphatic carbocycles. The number of aromatic hydroxyl groups is 1. The van der Waals surface area contributed by atoms with Crippen LogP contribution in [0.25, 0.3) is 16.9 Å². The average molecular weight is 413 g/mol. The number of benzene rings is 1. The van der Waals surface area contributed by atoms with Crippen molar-refractivity contribution in [3.05, 3.63) is 48.5 Å². The molecule has 0 bridgehead atoms. The summed E-state index contributed by atoms with van der Waals surface area (Å²) in [7, 11) is 1.85. The Morgan fingerprint density at radius 1 is 1.23 bits per heavy atom. The summed E-state index contributed by atoms with van der Waals surface area (Å²) >= 11 is 0. The SMILES string of the molecule is CNC1CCC[C@@]2(F)C1[C@@H]2Oc1ccc(-c2ccc(-n3ccc(F)n3)cc2O)nn1. The molecule has 2 aliphatic rings. The fourth-order valence-corrected chi connectivity index (χ4v) is 4.51. The minimum absolute atomic E-state index is 0.0424. The van der Waals surface area contributed by atoms with Gasteiger partial charge in [-0.2, -0.15) is 4.39 Å². The van der Waals surface area contributed by atoms with Crippen LogP contribution in [0.2, 0.25) is 0 Å². The standard InChI is InChI=1S/C21H21F2N5O2/c1-24-15-3-2-9-21(23)19(15)20(21)30-18-7-6-14(25-26-18)13-5-4-12(11-16(13)29)28-10-8-17(22)27-28/h4-8,10-11,15,19-20,24,29H,2-3,9H2,1H3/t15?,19?,20-,21+/m0/s1. The number of ether oxygens (including phenoxy) is 1. The minimum Gasteiger partial charge on any atom is -0.507 e. The molecule has 2 fully saturated rings. The van der Waals surface area contributed by atoms with Crippen molar-refractivity contribution < 1.29 is 18.6 Å². The zero-order valence-electron chi connectivity index (χ0n) is 16.3. The lowest BCUT2D eigenvalue weighted by Crippen LogP contribution is -2.33. The summed E-state index contributed by atoms with van der Waals surface area (Å²) in [4.78, 5) is 0. The molecule has 2 aromatic heterocycles. The molecule has 5 rings (SSSR count). The number of phenolic OH excluding ortho intramolecular Hbond substituents is 1. The van der Waals surface area contributed by atoms with Crippen LogP contribution in [0.1, 0.15) is 19.3 Å². The molecular formula is C21H21F2N5O2. The fraction of sp³-hybridized carbons (Fsp3) is 0.381. The Bertz CT molecular complexity index is 1070. The van der Waals surface area contributed by atoms with E-state index in [-0.39, 0.29) is 23.6 Å². The summed E-state index contributed by atoms with van der Waals surface area (Å²) in [5.74, 6) is -0.555. The summed E-state index contributed by atoms with van der Waals surface area (Å²) < 4.78 is 35.3. The lowest BCUT2D eigenvalue weighted by molar-refractivity contribution is 0.164. The van der Waals surface area contributed by atoms with Crippen molar-refractivity contribution in [3.8, 4) is 28.6 Å². The van der Waals surface area contributed by atoms with E-state index in [4.69, 9.17) is 4.74 Å². The lowest BCUT2D eigenvalue weighted by Gasteiger charge is -2.21. The number of hydrogen-bond donors (Lipinski definition) is 2. The number of nitrogens with one attached hydrogen (secondary N) is 1. The molecule has 2 unspecified atom stereocenters. The maximum absolute atomic E-state index is 15.0. The lowest BCUT2D eigenvalue weighted by atomic mass is 9.94. The van der Waals surface area contributed by atoms with Gasteiger partial charge in [-0.15, -0.1) is 15.3 Å². The van der Waals surface area contributed by atoms with E-state index in [0.717, 1.165) is 12.8 Å². The maximum atomic E-state index is 15.0. The monoisotopic (exact) mass is 413 g/mol. The summed E-state index contributed by atoms with van der Waals surface area (Å²) in [6.07, 6.45) is 3.23. The van der Waals surface area contributed by atoms with Crippen molar-refractivity contribution in [1.82, 2.24) is 25.3 Å². The van der Waals surface area contributed by atoms with Gasteiger partial charge in [-0.1, -0.05) is 0 Å². The largest absolute Gasteiger partial charge is 0.507 e. The van der Waals surface area contributed by atoms with Gasteiger partial charge in [0.05, 0.1) is 17.3 Å². The molecular weight excluding hydrogens is 392 g/mol. The Kier molecular flexibility index (Phi) is 4.43. The molecule has 0 aliphatic heterocycles. The highest BCUT2D eigenvalue weighted by atomic mass is 19.1. The first-order valence-electron chi connectivity index (χ1n) is 9.91. The van der Waals surface area contributed by atoms with E-state index in [9.17, 15) is 9.50 Å². The Balaban J connectivity index is 1.32. The van der Waals surface area contributed by atoms with Crippen LogP contribution in [0, 0.1) is 11.9 Å². The second kappa shape index (κ2) is 7.02. The van der Waals surface area contributed by atoms with Gasteiger partial charge in [-0.05, 0) is 44.5 Å². The van der Waals surface area contributed by atoms with Gasteiger partial charge in [0.15, 0.2) is 5.67 Å². The van der Waals surface area contributed by atoms with Gasteiger partial charge in [0.1, 0.15) is 11.9 Å². The molecule has 30 heavy (non-hydrogen) atoms. The third kappa shape index (κ3) is 3.09. The third-order valence-electron chi connectivity index (χ3n) is 6.09. The first-order valence-corrected chi connectivity index (χ1v) is 9.91. The van der Waals surface area contributed by atoms with Crippen LogP contribution < -0.4 is 10.1 Å². The van der Waals surface area contributed by atoms with Crippen LogP contribution in [0.5, 0.6) is 11.6 Å². The highest BCUT2D eigenvalue weighted by Crippen LogP contribution is 2.58. The zero-order valence-corrected chi connectivity index (χ0v) is 16.3. The second-order valence-corrected chi connectivity index (χ2v) is 7.82. The van der Waals surface area contributed by atoms with Gasteiger partial charge < -0.3 is 15.2 Å². The van der Waals surface area contributed by atoms with E-state index in [0.29, 0.717) is 23.4 Å². The highest BCUT2D eigenvalue weighted by molar-refractivity contribution is 5.68. The first-order chi connectivity index (χ1) is 14.5. The molecule has 0 radical (unpaired) electrons. The molecule has 4 atom stereocenters. The van der Waals surface area contributed by atoms with Crippen molar-refractivity contribution >= 4 is 0 Å². The number of halogens is 2. The smallest absolute Gasteiger partial charge is 0.233 e. The Hall–Kier alpha value is -3.07. The van der Waals surface area contributed by atoms with E-state index in [1.807, 2.05) is 7.05 Å². The Morgan fingerprint density at radius 3 is 2.77 bits per heavy atom. The maximum Gasteiger partial charge on any atom is 0.233 e. The summed E-state index contributed by atoms with van der Waals surface area (Å²) in [6, 6.07) is 9.43. The molecule has 0 saturated heterocycles. The quantitative estimate of drug-likeness (QED) is 0.669. The molecule has 156 valence electrons. The van der Waals surface area contributed by atoms with Crippen molar-refractivity contribution in [2.24, 2.45) is 5.92 Å². The molecule has 2 saturated carbocycles. The van der Waals surface area contributed by atoms with Crippen LogP contribution in [0.4, 0.5) is 8.78 Å². The predicted molar refractivity (Wildman–Crippen MR) is 105 cm³/mol. The summed E-state index contributed by atoms with van der Waals surface area (Å²) in [5.41, 5.74) is 0.112. The van der Waals surface area contributed by atoms with Crippen molar-refractivity contribution in [2.75, 3.05) is 7.05 Å². The van der Waals surface area contributed by atoms with Gasteiger partial charge in [0, 0.05) is 36.0 Å². The number of alkyl halides is 1. The van der Waals surface area contributed by atoms with Crippen LogP contribution in [0.3, 0.4) is 0 Å². The molecule has 1 aromatic carbocycles. The zero-order chi connectivity index (χ0) is 20.9. The second-order valence-electron chi connectivity index (χ2n) is 7.82. The van der Waals surface area contributed by atoms with E-state index in [1.165, 1.54) is 23.0 Å². The molecule has 2 N–H and O–H groups in total. The normalized spacial score (nSPS) is 27.5. The van der Waals surface area contributed by atoms with Crippen LogP contribution in [-0.2, 0) is 0 Å². The predicted octanol–water partition coefficient (Wildman–Crippen LogP) is 3.03. The average Bonchev–Trinajstić information content (AvgIpc) is 3.10. The Morgan fingerprint density at radius 2 is 2.10 bits per heavy atom. The molecule has 0 spiro atoms. The molecule has 2 heterocycles. The van der Waals surface area contributed by atoms with Gasteiger partial charge in [0.2, 0.25) is 11.8 Å². The van der Waals surface area contributed by atoms with Gasteiger partial charge in [0.25, 0.3) is 0 Å². The van der Waals surface area contributed by atoms with Crippen LogP contribution in [0.15, 0.2) is 42.6 Å². The number of hydrogen-bond acceptors (Lipinski definition) is 6. The van der Waals surface area contributed by atoms with Gasteiger partial charge in [-0.3, -0.25) is 0 Å². The van der Waals surface area contributed by atoms with E-state index in [2.05, 4.69) is 20.6 Å². The topological polar surface area (TPSA) is 85.1 Å². The van der Waals surface area contributed by atoms with Crippen LogP contribution >= 0.6 is 0 Å². The van der Waals surface area contributed by atoms with E-state index >= 15 is 4.39 Å². The van der Waals surface area contributed by atoms with E-state index in [1.54, 1.807) is 24.3 Å². The van der Waals surface area contributed by atoms with E-state index < -0.39 is 17.7 Å². The number of phenols is 1. The molecule has 9 heteroatoms. The first kappa shape index (κ1) is 18.9. The molecule has 0 amide bonds.